The van der Waals surface area contributed by atoms with E-state index in [0.717, 1.165) is 24.6 Å². The van der Waals surface area contributed by atoms with Crippen molar-refractivity contribution in [3.05, 3.63) is 38.5 Å². The van der Waals surface area contributed by atoms with Crippen LogP contribution in [0.15, 0.2) is 27.9 Å². The number of rotatable bonds is 5. The summed E-state index contributed by atoms with van der Waals surface area (Å²) in [6.07, 6.45) is 1.02. The number of thiophene rings is 1. The fourth-order valence-corrected chi connectivity index (χ4v) is 3.50. The fourth-order valence-electron chi connectivity index (χ4n) is 1.89. The first-order chi connectivity index (χ1) is 10.5. The summed E-state index contributed by atoms with van der Waals surface area (Å²) in [5, 5.41) is 12.1. The summed E-state index contributed by atoms with van der Waals surface area (Å²) in [5.74, 6) is 0.821. The van der Waals surface area contributed by atoms with Crippen molar-refractivity contribution in [2.45, 2.75) is 39.2 Å². The molecule has 0 amide bonds. The largest absolute Gasteiger partial charge is 0.356 e. The van der Waals surface area contributed by atoms with Crippen molar-refractivity contribution in [3.63, 3.8) is 0 Å². The van der Waals surface area contributed by atoms with Gasteiger partial charge in [0.25, 0.3) is 0 Å². The van der Waals surface area contributed by atoms with Gasteiger partial charge in [0.1, 0.15) is 0 Å². The number of hydrogen-bond donors (Lipinski definition) is 2. The van der Waals surface area contributed by atoms with E-state index in [0.29, 0.717) is 6.54 Å². The van der Waals surface area contributed by atoms with Crippen molar-refractivity contribution in [2.24, 2.45) is 4.99 Å². The summed E-state index contributed by atoms with van der Waals surface area (Å²) in [7, 11) is 1.79. The van der Waals surface area contributed by atoms with Gasteiger partial charge in [-0.3, -0.25) is 4.99 Å². The second-order valence-electron chi connectivity index (χ2n) is 6.08. The van der Waals surface area contributed by atoms with Crippen molar-refractivity contribution in [1.82, 2.24) is 15.6 Å². The first-order valence-corrected chi connectivity index (χ1v) is 9.17. The Kier molecular flexibility index (Phi) is 5.97. The van der Waals surface area contributed by atoms with Crippen molar-refractivity contribution >= 4 is 28.6 Å². The van der Waals surface area contributed by atoms with Gasteiger partial charge in [-0.25, -0.2) is 4.98 Å². The van der Waals surface area contributed by atoms with Crippen LogP contribution in [0, 0.1) is 0 Å². The van der Waals surface area contributed by atoms with Gasteiger partial charge in [-0.05, 0) is 17.9 Å². The van der Waals surface area contributed by atoms with Gasteiger partial charge < -0.3 is 10.6 Å². The van der Waals surface area contributed by atoms with E-state index in [1.54, 1.807) is 29.7 Å². The number of nitrogens with zero attached hydrogens (tertiary/aromatic N) is 2. The number of nitrogens with one attached hydrogen (secondary N) is 2. The molecule has 0 saturated heterocycles. The molecule has 0 aliphatic heterocycles. The van der Waals surface area contributed by atoms with E-state index in [4.69, 9.17) is 0 Å². The lowest BCUT2D eigenvalue weighted by atomic mass is 9.98. The lowest BCUT2D eigenvalue weighted by Gasteiger charge is -2.14. The van der Waals surface area contributed by atoms with E-state index in [9.17, 15) is 0 Å². The Morgan fingerprint density at radius 2 is 2.09 bits per heavy atom. The highest BCUT2D eigenvalue weighted by atomic mass is 32.1. The molecule has 6 heteroatoms. The molecule has 2 rings (SSSR count). The molecule has 0 fully saturated rings. The summed E-state index contributed by atoms with van der Waals surface area (Å²) in [5.41, 5.74) is 1.18. The van der Waals surface area contributed by atoms with Crippen LogP contribution in [-0.2, 0) is 18.4 Å². The van der Waals surface area contributed by atoms with Gasteiger partial charge in [-0.2, -0.15) is 0 Å². The third-order valence-corrected chi connectivity index (χ3v) is 5.35. The second kappa shape index (κ2) is 7.74. The molecule has 0 aliphatic carbocycles. The third kappa shape index (κ3) is 5.10. The number of aliphatic imine (C=N–C) groups is 1. The molecule has 2 aromatic rings. The van der Waals surface area contributed by atoms with Crippen LogP contribution in [0.5, 0.6) is 0 Å². The van der Waals surface area contributed by atoms with E-state index >= 15 is 0 Å². The zero-order valence-corrected chi connectivity index (χ0v) is 15.3. The molecular formula is C16H24N4S2. The Morgan fingerprint density at radius 1 is 1.27 bits per heavy atom. The molecule has 0 radical (unpaired) electrons. The third-order valence-electron chi connectivity index (χ3n) is 3.10. The van der Waals surface area contributed by atoms with E-state index in [-0.39, 0.29) is 5.41 Å². The number of hydrogen-bond acceptors (Lipinski definition) is 4. The molecule has 0 bridgehead atoms. The minimum Gasteiger partial charge on any atom is -0.356 e. The van der Waals surface area contributed by atoms with Crippen LogP contribution in [0.4, 0.5) is 0 Å². The Labute approximate surface area is 140 Å². The van der Waals surface area contributed by atoms with E-state index in [2.05, 4.69) is 64.3 Å². The Morgan fingerprint density at radius 3 is 2.68 bits per heavy atom. The van der Waals surface area contributed by atoms with Crippen molar-refractivity contribution in [1.29, 1.82) is 0 Å². The molecule has 4 nitrogen and oxygen atoms in total. The Bertz CT molecular complexity index is 594. The van der Waals surface area contributed by atoms with Crippen LogP contribution < -0.4 is 10.6 Å². The highest BCUT2D eigenvalue weighted by Gasteiger charge is 2.17. The van der Waals surface area contributed by atoms with Gasteiger partial charge in [0.2, 0.25) is 0 Å². The van der Waals surface area contributed by atoms with E-state index < -0.39 is 0 Å². The molecule has 120 valence electrons. The van der Waals surface area contributed by atoms with Crippen LogP contribution in [0.25, 0.3) is 0 Å². The normalized spacial score (nSPS) is 12.5. The molecule has 0 unspecified atom stereocenters. The van der Waals surface area contributed by atoms with Crippen LogP contribution in [0.2, 0.25) is 0 Å². The van der Waals surface area contributed by atoms with Crippen molar-refractivity contribution in [3.8, 4) is 0 Å². The highest BCUT2D eigenvalue weighted by molar-refractivity contribution is 7.10. The Balaban J connectivity index is 1.77. The maximum Gasteiger partial charge on any atom is 0.191 e. The number of guanidine groups is 1. The first-order valence-electron chi connectivity index (χ1n) is 7.41. The molecule has 0 atom stereocenters. The predicted molar refractivity (Wildman–Crippen MR) is 97.0 cm³/mol. The fraction of sp³-hybridized carbons (Fsp3) is 0.500. The minimum absolute atomic E-state index is 0.115. The molecule has 2 heterocycles. The molecule has 0 saturated carbocycles. The summed E-state index contributed by atoms with van der Waals surface area (Å²) in [6.45, 7) is 8.14. The molecular weight excluding hydrogens is 312 g/mol. The van der Waals surface area contributed by atoms with Gasteiger partial charge in [-0.1, -0.05) is 26.8 Å². The van der Waals surface area contributed by atoms with Gasteiger partial charge in [0.05, 0.1) is 17.2 Å². The smallest absolute Gasteiger partial charge is 0.191 e. The molecule has 0 aliphatic rings. The number of aromatic nitrogens is 1. The van der Waals surface area contributed by atoms with Gasteiger partial charge in [0.15, 0.2) is 5.96 Å². The number of thiazole rings is 1. The quantitative estimate of drug-likeness (QED) is 0.650. The minimum atomic E-state index is 0.115. The maximum absolute atomic E-state index is 4.68. The summed E-state index contributed by atoms with van der Waals surface area (Å²) < 4.78 is 0. The van der Waals surface area contributed by atoms with Crippen molar-refractivity contribution < 1.29 is 0 Å². The summed E-state index contributed by atoms with van der Waals surface area (Å²) in [6, 6.07) is 4.24. The molecule has 0 aromatic carbocycles. The monoisotopic (exact) mass is 336 g/mol. The first kappa shape index (κ1) is 17.0. The predicted octanol–water partition coefficient (Wildman–Crippen LogP) is 3.41. The van der Waals surface area contributed by atoms with E-state index in [1.807, 2.05) is 0 Å². The Hall–Kier alpha value is -1.40. The standard InChI is InChI=1S/C16H24N4S2/c1-16(2,3)14-20-12(11-22-14)10-19-15(17-4)18-8-7-13-6-5-9-21-13/h5-6,9,11H,7-8,10H2,1-4H3,(H2,17,18,19). The summed E-state index contributed by atoms with van der Waals surface area (Å²) >= 11 is 3.51. The highest BCUT2D eigenvalue weighted by Crippen LogP contribution is 2.25. The van der Waals surface area contributed by atoms with Crippen molar-refractivity contribution in [2.75, 3.05) is 13.6 Å². The van der Waals surface area contributed by atoms with Crippen LogP contribution in [0.3, 0.4) is 0 Å². The average Bonchev–Trinajstić information content (AvgIpc) is 3.13. The maximum atomic E-state index is 4.68. The molecule has 0 spiro atoms. The SMILES string of the molecule is CN=C(NCCc1cccs1)NCc1csc(C(C)(C)C)n1. The van der Waals surface area contributed by atoms with Gasteiger partial charge >= 0.3 is 0 Å². The summed E-state index contributed by atoms with van der Waals surface area (Å²) in [4.78, 5) is 10.3. The van der Waals surface area contributed by atoms with E-state index in [1.165, 1.54) is 9.88 Å². The molecule has 22 heavy (non-hydrogen) atoms. The van der Waals surface area contributed by atoms with Crippen LogP contribution >= 0.6 is 22.7 Å². The lowest BCUT2D eigenvalue weighted by molar-refractivity contribution is 0.582. The van der Waals surface area contributed by atoms with Gasteiger partial charge in [0, 0.05) is 29.3 Å². The van der Waals surface area contributed by atoms with Gasteiger partial charge in [-0.15, -0.1) is 22.7 Å². The average molecular weight is 337 g/mol. The van der Waals surface area contributed by atoms with Crippen LogP contribution in [-0.4, -0.2) is 24.5 Å². The zero-order chi connectivity index (χ0) is 16.0. The molecule has 2 aromatic heterocycles. The lowest BCUT2D eigenvalue weighted by Crippen LogP contribution is -2.37. The topological polar surface area (TPSA) is 49.3 Å². The molecule has 2 N–H and O–H groups in total. The zero-order valence-electron chi connectivity index (χ0n) is 13.6. The second-order valence-corrected chi connectivity index (χ2v) is 7.97. The van der Waals surface area contributed by atoms with Crippen LogP contribution in [0.1, 0.15) is 36.3 Å².